The molecule has 1 aromatic carbocycles. The number of para-hydroxylation sites is 1. The molecule has 4 heteroatoms. The molecule has 0 atom stereocenters. The van der Waals surface area contributed by atoms with Gasteiger partial charge in [0.05, 0.1) is 17.3 Å². The molecular weight excluding hydrogens is 234 g/mol. The van der Waals surface area contributed by atoms with Crippen LogP contribution in [-0.4, -0.2) is 15.0 Å². The van der Waals surface area contributed by atoms with Crippen molar-refractivity contribution in [3.63, 3.8) is 0 Å². The first-order chi connectivity index (χ1) is 8.15. The molecule has 2 aromatic rings. The molecule has 0 aliphatic carbocycles. The van der Waals surface area contributed by atoms with Gasteiger partial charge in [-0.25, -0.2) is 4.68 Å². The van der Waals surface area contributed by atoms with Gasteiger partial charge < -0.3 is 0 Å². The molecule has 1 aromatic heterocycles. The molecule has 0 fully saturated rings. The van der Waals surface area contributed by atoms with Gasteiger partial charge in [-0.05, 0) is 24.5 Å². The lowest BCUT2D eigenvalue weighted by molar-refractivity contribution is 0.712. The number of alkyl halides is 1. The molecule has 2 rings (SSSR count). The van der Waals surface area contributed by atoms with E-state index in [0.29, 0.717) is 11.8 Å². The number of benzene rings is 1. The minimum absolute atomic E-state index is 0.346. The summed E-state index contributed by atoms with van der Waals surface area (Å²) < 4.78 is 1.90. The molecule has 0 radical (unpaired) electrons. The number of aromatic nitrogens is 3. The van der Waals surface area contributed by atoms with Gasteiger partial charge in [-0.3, -0.25) is 0 Å². The van der Waals surface area contributed by atoms with E-state index in [4.69, 9.17) is 11.6 Å². The number of nitrogens with zero attached hydrogens (tertiary/aromatic N) is 3. The van der Waals surface area contributed by atoms with Gasteiger partial charge in [-0.2, -0.15) is 0 Å². The van der Waals surface area contributed by atoms with E-state index in [9.17, 15) is 0 Å². The summed E-state index contributed by atoms with van der Waals surface area (Å²) in [6.07, 6.45) is 0. The molecule has 90 valence electrons. The van der Waals surface area contributed by atoms with E-state index in [1.54, 1.807) is 0 Å². The first-order valence-electron chi connectivity index (χ1n) is 5.71. The summed E-state index contributed by atoms with van der Waals surface area (Å²) in [5.41, 5.74) is 4.21. The molecule has 0 saturated carbocycles. The van der Waals surface area contributed by atoms with E-state index in [-0.39, 0.29) is 0 Å². The summed E-state index contributed by atoms with van der Waals surface area (Å²) >= 11 is 5.90. The Morgan fingerprint density at radius 2 is 2.00 bits per heavy atom. The van der Waals surface area contributed by atoms with Crippen molar-refractivity contribution in [2.45, 2.75) is 32.6 Å². The molecule has 0 aliphatic heterocycles. The molecule has 3 nitrogen and oxygen atoms in total. The fourth-order valence-corrected chi connectivity index (χ4v) is 2.16. The van der Waals surface area contributed by atoms with Crippen LogP contribution in [0.1, 0.15) is 36.7 Å². The summed E-state index contributed by atoms with van der Waals surface area (Å²) in [7, 11) is 0. The molecular formula is C13H16ClN3. The van der Waals surface area contributed by atoms with E-state index in [2.05, 4.69) is 37.1 Å². The maximum Gasteiger partial charge on any atom is 0.101 e. The van der Waals surface area contributed by atoms with E-state index >= 15 is 0 Å². The van der Waals surface area contributed by atoms with Gasteiger partial charge in [-0.1, -0.05) is 37.3 Å². The van der Waals surface area contributed by atoms with Crippen molar-refractivity contribution >= 4 is 11.6 Å². The largest absolute Gasteiger partial charge is 0.217 e. The summed E-state index contributed by atoms with van der Waals surface area (Å²) in [6.45, 7) is 6.33. The zero-order chi connectivity index (χ0) is 12.4. The Kier molecular flexibility index (Phi) is 3.48. The Bertz CT molecular complexity index is 517. The SMILES string of the molecule is Cc1ccccc1-n1nnc(CCl)c1C(C)C. The average Bonchev–Trinajstić information content (AvgIpc) is 2.73. The Hall–Kier alpha value is -1.35. The molecule has 17 heavy (non-hydrogen) atoms. The van der Waals surface area contributed by atoms with Gasteiger partial charge in [0.1, 0.15) is 5.69 Å². The molecule has 0 aliphatic rings. The Morgan fingerprint density at radius 1 is 1.29 bits per heavy atom. The minimum Gasteiger partial charge on any atom is -0.217 e. The second-order valence-corrected chi connectivity index (χ2v) is 4.68. The number of hydrogen-bond acceptors (Lipinski definition) is 2. The third kappa shape index (κ3) is 2.20. The highest BCUT2D eigenvalue weighted by Gasteiger charge is 2.17. The van der Waals surface area contributed by atoms with Crippen molar-refractivity contribution in [2.24, 2.45) is 0 Å². The van der Waals surface area contributed by atoms with E-state index in [1.807, 2.05) is 22.9 Å². The Morgan fingerprint density at radius 3 is 2.59 bits per heavy atom. The van der Waals surface area contributed by atoms with Gasteiger partial charge in [0.25, 0.3) is 0 Å². The van der Waals surface area contributed by atoms with Crippen molar-refractivity contribution in [1.29, 1.82) is 0 Å². The van der Waals surface area contributed by atoms with Gasteiger partial charge >= 0.3 is 0 Å². The minimum atomic E-state index is 0.346. The number of aryl methyl sites for hydroxylation is 1. The summed E-state index contributed by atoms with van der Waals surface area (Å²) in [6, 6.07) is 8.15. The fraction of sp³-hybridized carbons (Fsp3) is 0.385. The maximum absolute atomic E-state index is 5.90. The lowest BCUT2D eigenvalue weighted by Crippen LogP contribution is -2.06. The Balaban J connectivity index is 2.60. The van der Waals surface area contributed by atoms with Crippen LogP contribution in [0.4, 0.5) is 0 Å². The van der Waals surface area contributed by atoms with E-state index in [1.165, 1.54) is 5.56 Å². The van der Waals surface area contributed by atoms with Crippen LogP contribution >= 0.6 is 11.6 Å². The van der Waals surface area contributed by atoms with Crippen molar-refractivity contribution in [3.8, 4) is 5.69 Å². The third-order valence-corrected chi connectivity index (χ3v) is 3.05. The first-order valence-corrected chi connectivity index (χ1v) is 6.25. The molecule has 0 amide bonds. The zero-order valence-corrected chi connectivity index (χ0v) is 11.1. The predicted molar refractivity (Wildman–Crippen MR) is 69.7 cm³/mol. The maximum atomic E-state index is 5.90. The van der Waals surface area contributed by atoms with Gasteiger partial charge in [0.15, 0.2) is 0 Å². The standard InChI is InChI=1S/C13H16ClN3/c1-9(2)13-11(8-14)15-16-17(13)12-7-5-4-6-10(12)3/h4-7,9H,8H2,1-3H3. The summed E-state index contributed by atoms with van der Waals surface area (Å²) in [5, 5.41) is 8.38. The topological polar surface area (TPSA) is 30.7 Å². The highest BCUT2D eigenvalue weighted by Crippen LogP contribution is 2.23. The van der Waals surface area contributed by atoms with Crippen molar-refractivity contribution in [2.75, 3.05) is 0 Å². The second kappa shape index (κ2) is 4.88. The van der Waals surface area contributed by atoms with Crippen molar-refractivity contribution < 1.29 is 0 Å². The highest BCUT2D eigenvalue weighted by atomic mass is 35.5. The van der Waals surface area contributed by atoms with Gasteiger partial charge in [-0.15, -0.1) is 16.7 Å². The average molecular weight is 250 g/mol. The molecule has 0 spiro atoms. The third-order valence-electron chi connectivity index (χ3n) is 2.80. The molecule has 0 bridgehead atoms. The molecule has 0 N–H and O–H groups in total. The van der Waals surface area contributed by atoms with Crippen molar-refractivity contribution in [1.82, 2.24) is 15.0 Å². The van der Waals surface area contributed by atoms with Crippen molar-refractivity contribution in [3.05, 3.63) is 41.2 Å². The quantitative estimate of drug-likeness (QED) is 0.781. The van der Waals surface area contributed by atoms with Crippen LogP contribution in [-0.2, 0) is 5.88 Å². The van der Waals surface area contributed by atoms with Crippen LogP contribution in [0.25, 0.3) is 5.69 Å². The van der Waals surface area contributed by atoms with Gasteiger partial charge in [0.2, 0.25) is 0 Å². The molecule has 1 heterocycles. The second-order valence-electron chi connectivity index (χ2n) is 4.41. The lowest BCUT2D eigenvalue weighted by Gasteiger charge is -2.12. The Labute approximate surface area is 106 Å². The lowest BCUT2D eigenvalue weighted by atomic mass is 10.1. The predicted octanol–water partition coefficient (Wildman–Crippen LogP) is 3.44. The summed E-state index contributed by atoms with van der Waals surface area (Å²) in [4.78, 5) is 0. The molecule has 0 unspecified atom stereocenters. The van der Waals surface area contributed by atoms with Crippen LogP contribution < -0.4 is 0 Å². The van der Waals surface area contributed by atoms with E-state index < -0.39 is 0 Å². The van der Waals surface area contributed by atoms with Crippen LogP contribution in [0.3, 0.4) is 0 Å². The number of rotatable bonds is 3. The van der Waals surface area contributed by atoms with Crippen LogP contribution in [0.15, 0.2) is 24.3 Å². The van der Waals surface area contributed by atoms with Crippen LogP contribution in [0.5, 0.6) is 0 Å². The highest BCUT2D eigenvalue weighted by molar-refractivity contribution is 6.16. The zero-order valence-electron chi connectivity index (χ0n) is 10.3. The van der Waals surface area contributed by atoms with Crippen LogP contribution in [0.2, 0.25) is 0 Å². The fourth-order valence-electron chi connectivity index (χ4n) is 1.97. The monoisotopic (exact) mass is 249 g/mol. The summed E-state index contributed by atoms with van der Waals surface area (Å²) in [5.74, 6) is 0.748. The number of halogens is 1. The normalized spacial score (nSPS) is 11.1. The van der Waals surface area contributed by atoms with Crippen LogP contribution in [0, 0.1) is 6.92 Å². The smallest absolute Gasteiger partial charge is 0.101 e. The number of hydrogen-bond donors (Lipinski definition) is 0. The van der Waals surface area contributed by atoms with Gasteiger partial charge in [0, 0.05) is 0 Å². The molecule has 0 saturated heterocycles. The van der Waals surface area contributed by atoms with E-state index in [0.717, 1.165) is 17.1 Å². The first kappa shape index (κ1) is 12.1.